The van der Waals surface area contributed by atoms with Crippen molar-refractivity contribution in [2.24, 2.45) is 0 Å². The van der Waals surface area contributed by atoms with Crippen LogP contribution in [0.5, 0.6) is 0 Å². The van der Waals surface area contributed by atoms with E-state index in [1.807, 2.05) is 0 Å². The maximum absolute atomic E-state index is 11.0. The molecule has 0 bridgehead atoms. The molecule has 0 radical (unpaired) electrons. The summed E-state index contributed by atoms with van der Waals surface area (Å²) in [6, 6.07) is 2.66. The Morgan fingerprint density at radius 3 is 2.80 bits per heavy atom. The van der Waals surface area contributed by atoms with Crippen molar-refractivity contribution >= 4 is 23.4 Å². The highest BCUT2D eigenvalue weighted by molar-refractivity contribution is 7.99. The van der Waals surface area contributed by atoms with Gasteiger partial charge in [-0.15, -0.1) is 0 Å². The number of aryl methyl sites for hydroxylation is 1. The smallest absolute Gasteiger partial charge is 0.337 e. The minimum atomic E-state index is -1.27. The number of carbonyl (C=O) groups is 1. The molecule has 2 aromatic rings. The molecule has 0 fully saturated rings. The Morgan fingerprint density at radius 2 is 2.20 bits per heavy atom. The second-order valence-corrected chi connectivity index (χ2v) is 4.65. The average Bonchev–Trinajstić information content (AvgIpc) is 2.38. The molecule has 0 aliphatic rings. The fourth-order valence-electron chi connectivity index (χ4n) is 1.33. The molecular formula is C11H8N4O4S. The third-order valence-corrected chi connectivity index (χ3v) is 3.12. The number of pyridine rings is 1. The molecule has 0 unspecified atom stereocenters. The minimum Gasteiger partial charge on any atom is -0.478 e. The van der Waals surface area contributed by atoms with Crippen LogP contribution >= 0.6 is 11.8 Å². The largest absolute Gasteiger partial charge is 0.478 e. The number of carboxylic acids is 1. The molecule has 2 heterocycles. The van der Waals surface area contributed by atoms with E-state index >= 15 is 0 Å². The molecule has 1 N–H and O–H groups in total. The molecule has 0 saturated carbocycles. The van der Waals surface area contributed by atoms with Crippen molar-refractivity contribution in [3.05, 3.63) is 45.9 Å². The zero-order chi connectivity index (χ0) is 14.7. The second-order valence-electron chi connectivity index (χ2n) is 3.69. The second kappa shape index (κ2) is 5.61. The molecule has 0 atom stereocenters. The van der Waals surface area contributed by atoms with Crippen LogP contribution in [0.1, 0.15) is 16.1 Å². The molecule has 0 aromatic carbocycles. The van der Waals surface area contributed by atoms with Crippen molar-refractivity contribution < 1.29 is 14.8 Å². The highest BCUT2D eigenvalue weighted by atomic mass is 32.2. The highest BCUT2D eigenvalue weighted by Gasteiger charge is 2.20. The van der Waals surface area contributed by atoms with Gasteiger partial charge in [0.05, 0.1) is 10.5 Å². The SMILES string of the molecule is Cc1ccnc(Sc2ncc(C(=O)O)cc2[N+](=O)[O-])n1. The predicted molar refractivity (Wildman–Crippen MR) is 68.7 cm³/mol. The van der Waals surface area contributed by atoms with Gasteiger partial charge in [0.2, 0.25) is 0 Å². The van der Waals surface area contributed by atoms with Crippen LogP contribution in [0.15, 0.2) is 34.7 Å². The molecular weight excluding hydrogens is 284 g/mol. The van der Waals surface area contributed by atoms with Crippen LogP contribution in [0, 0.1) is 17.0 Å². The van der Waals surface area contributed by atoms with Crippen LogP contribution in [0.3, 0.4) is 0 Å². The topological polar surface area (TPSA) is 119 Å². The summed E-state index contributed by atoms with van der Waals surface area (Å²) in [5, 5.41) is 20.1. The number of nitrogens with zero attached hydrogens (tertiary/aromatic N) is 4. The summed E-state index contributed by atoms with van der Waals surface area (Å²) in [6.07, 6.45) is 2.59. The summed E-state index contributed by atoms with van der Waals surface area (Å²) in [5.74, 6) is -1.27. The van der Waals surface area contributed by atoms with Gasteiger partial charge in [-0.25, -0.2) is 19.7 Å². The maximum atomic E-state index is 11.0. The monoisotopic (exact) mass is 292 g/mol. The van der Waals surface area contributed by atoms with E-state index in [0.29, 0.717) is 10.9 Å². The van der Waals surface area contributed by atoms with Gasteiger partial charge in [0, 0.05) is 24.2 Å². The fourth-order valence-corrected chi connectivity index (χ4v) is 2.15. The highest BCUT2D eigenvalue weighted by Crippen LogP contribution is 2.31. The molecule has 8 nitrogen and oxygen atoms in total. The lowest BCUT2D eigenvalue weighted by Gasteiger charge is -2.02. The van der Waals surface area contributed by atoms with Gasteiger partial charge in [0.25, 0.3) is 0 Å². The average molecular weight is 292 g/mol. The Kier molecular flexibility index (Phi) is 3.89. The van der Waals surface area contributed by atoms with Crippen molar-refractivity contribution in [3.63, 3.8) is 0 Å². The van der Waals surface area contributed by atoms with E-state index in [2.05, 4.69) is 15.0 Å². The van der Waals surface area contributed by atoms with Crippen molar-refractivity contribution in [1.29, 1.82) is 0 Å². The quantitative estimate of drug-likeness (QED) is 0.515. The number of hydrogen-bond acceptors (Lipinski definition) is 7. The Labute approximate surface area is 117 Å². The summed E-state index contributed by atoms with van der Waals surface area (Å²) >= 11 is 0.909. The van der Waals surface area contributed by atoms with Gasteiger partial charge >= 0.3 is 11.7 Å². The van der Waals surface area contributed by atoms with Crippen LogP contribution in [-0.2, 0) is 0 Å². The number of aromatic nitrogens is 3. The van der Waals surface area contributed by atoms with Crippen molar-refractivity contribution in [3.8, 4) is 0 Å². The maximum Gasteiger partial charge on any atom is 0.337 e. The molecule has 2 aromatic heterocycles. The number of nitro groups is 1. The van der Waals surface area contributed by atoms with Gasteiger partial charge in [-0.1, -0.05) is 0 Å². The molecule has 102 valence electrons. The van der Waals surface area contributed by atoms with Crippen LogP contribution < -0.4 is 0 Å². The van der Waals surface area contributed by atoms with E-state index in [1.54, 1.807) is 13.0 Å². The van der Waals surface area contributed by atoms with Crippen LogP contribution in [0.25, 0.3) is 0 Å². The Morgan fingerprint density at radius 1 is 1.45 bits per heavy atom. The van der Waals surface area contributed by atoms with Crippen LogP contribution in [-0.4, -0.2) is 31.0 Å². The van der Waals surface area contributed by atoms with Crippen LogP contribution in [0.2, 0.25) is 0 Å². The normalized spacial score (nSPS) is 10.2. The van der Waals surface area contributed by atoms with E-state index in [1.165, 1.54) is 6.20 Å². The molecule has 0 spiro atoms. The molecule has 20 heavy (non-hydrogen) atoms. The Hall–Kier alpha value is -2.55. The molecule has 0 saturated heterocycles. The van der Waals surface area contributed by atoms with E-state index in [0.717, 1.165) is 24.0 Å². The summed E-state index contributed by atoms with van der Waals surface area (Å²) in [6.45, 7) is 1.76. The van der Waals surface area contributed by atoms with Gasteiger partial charge in [-0.05, 0) is 24.8 Å². The zero-order valence-electron chi connectivity index (χ0n) is 10.2. The molecule has 2 rings (SSSR count). The lowest BCUT2D eigenvalue weighted by Crippen LogP contribution is -2.01. The van der Waals surface area contributed by atoms with Crippen molar-refractivity contribution in [1.82, 2.24) is 15.0 Å². The summed E-state index contributed by atoms with van der Waals surface area (Å²) in [4.78, 5) is 33.0. The van der Waals surface area contributed by atoms with E-state index in [4.69, 9.17) is 5.11 Å². The summed E-state index contributed by atoms with van der Waals surface area (Å²) in [7, 11) is 0. The lowest BCUT2D eigenvalue weighted by molar-refractivity contribution is -0.388. The number of hydrogen-bond donors (Lipinski definition) is 1. The first-order valence-corrected chi connectivity index (χ1v) is 6.14. The fraction of sp³-hybridized carbons (Fsp3) is 0.0909. The van der Waals surface area contributed by atoms with Gasteiger partial charge < -0.3 is 5.11 Å². The number of carboxylic acid groups (broad SMARTS) is 1. The third kappa shape index (κ3) is 3.06. The number of rotatable bonds is 4. The van der Waals surface area contributed by atoms with E-state index < -0.39 is 10.9 Å². The first-order valence-electron chi connectivity index (χ1n) is 5.32. The minimum absolute atomic E-state index is 0.0469. The Balaban J connectivity index is 2.41. The third-order valence-electron chi connectivity index (χ3n) is 2.24. The predicted octanol–water partition coefficient (Wildman–Crippen LogP) is 1.94. The Bertz CT molecular complexity index is 692. The van der Waals surface area contributed by atoms with Gasteiger partial charge in [0.15, 0.2) is 10.2 Å². The van der Waals surface area contributed by atoms with Gasteiger partial charge in [0.1, 0.15) is 0 Å². The molecule has 0 aliphatic heterocycles. The summed E-state index contributed by atoms with van der Waals surface area (Å²) in [5.41, 5.74) is 0.0820. The molecule has 0 aliphatic carbocycles. The lowest BCUT2D eigenvalue weighted by atomic mass is 10.3. The summed E-state index contributed by atoms with van der Waals surface area (Å²) < 4.78 is 0. The van der Waals surface area contributed by atoms with Crippen molar-refractivity contribution in [2.45, 2.75) is 17.1 Å². The zero-order valence-corrected chi connectivity index (χ0v) is 11.0. The molecule has 9 heteroatoms. The first kappa shape index (κ1) is 13.9. The van der Waals surface area contributed by atoms with E-state index in [-0.39, 0.29) is 16.3 Å². The van der Waals surface area contributed by atoms with E-state index in [9.17, 15) is 14.9 Å². The van der Waals surface area contributed by atoms with Gasteiger partial charge in [-0.2, -0.15) is 0 Å². The molecule has 0 amide bonds. The first-order chi connectivity index (χ1) is 9.47. The van der Waals surface area contributed by atoms with Crippen molar-refractivity contribution in [2.75, 3.05) is 0 Å². The standard InChI is InChI=1S/C11H8N4O4S/c1-6-2-3-12-11(14-6)20-9-8(15(18)19)4-7(5-13-9)10(16)17/h2-5H,1H3,(H,16,17). The van der Waals surface area contributed by atoms with Crippen LogP contribution in [0.4, 0.5) is 5.69 Å². The van der Waals surface area contributed by atoms with Gasteiger partial charge in [-0.3, -0.25) is 10.1 Å². The number of aromatic carboxylic acids is 1.